The molecule has 1 aromatic carbocycles. The van der Waals surface area contributed by atoms with E-state index in [-0.39, 0.29) is 22.0 Å². The van der Waals surface area contributed by atoms with Gasteiger partial charge in [-0.15, -0.1) is 0 Å². The summed E-state index contributed by atoms with van der Waals surface area (Å²) >= 11 is 5.83. The lowest BCUT2D eigenvalue weighted by Gasteiger charge is -2.19. The van der Waals surface area contributed by atoms with Gasteiger partial charge in [0.15, 0.2) is 0 Å². The van der Waals surface area contributed by atoms with Crippen molar-refractivity contribution in [1.82, 2.24) is 4.31 Å². The molecule has 9 heteroatoms. The minimum atomic E-state index is -3.98. The Morgan fingerprint density at radius 2 is 1.95 bits per heavy atom. The summed E-state index contributed by atoms with van der Waals surface area (Å²) in [5, 5.41) is 8.91. The average molecular weight is 350 g/mol. The molecule has 0 amide bonds. The number of esters is 1. The number of carboxylic acid groups (broad SMARTS) is 1. The van der Waals surface area contributed by atoms with E-state index in [0.29, 0.717) is 0 Å². The molecule has 0 saturated carbocycles. The Balaban J connectivity index is 3.20. The van der Waals surface area contributed by atoms with Gasteiger partial charge in [0, 0.05) is 18.6 Å². The van der Waals surface area contributed by atoms with Crippen molar-refractivity contribution in [3.63, 3.8) is 0 Å². The van der Waals surface area contributed by atoms with Crippen LogP contribution in [0.15, 0.2) is 23.1 Å². The Hall–Kier alpha value is -1.64. The number of halogens is 1. The van der Waals surface area contributed by atoms with Crippen molar-refractivity contribution in [2.75, 3.05) is 20.7 Å². The molecule has 0 aliphatic carbocycles. The minimum Gasteiger partial charge on any atom is -0.481 e. The lowest BCUT2D eigenvalue weighted by Crippen LogP contribution is -2.33. The zero-order chi connectivity index (χ0) is 17.1. The molecule has 0 aliphatic heterocycles. The van der Waals surface area contributed by atoms with Gasteiger partial charge in [0.2, 0.25) is 10.0 Å². The predicted molar refractivity (Wildman–Crippen MR) is 79.4 cm³/mol. The van der Waals surface area contributed by atoms with Gasteiger partial charge in [-0.25, -0.2) is 17.5 Å². The molecule has 0 bridgehead atoms. The predicted octanol–water partition coefficient (Wildman–Crippen LogP) is 1.47. The number of hydrogen-bond acceptors (Lipinski definition) is 5. The number of carbonyl (C=O) groups is 2. The number of aliphatic carboxylic acids is 1. The van der Waals surface area contributed by atoms with Gasteiger partial charge in [-0.2, -0.15) is 0 Å². The van der Waals surface area contributed by atoms with E-state index in [1.807, 2.05) is 0 Å². The van der Waals surface area contributed by atoms with Crippen LogP contribution in [-0.2, 0) is 19.6 Å². The number of sulfonamides is 1. The molecule has 1 unspecified atom stereocenters. The fourth-order valence-corrected chi connectivity index (χ4v) is 3.32. The monoisotopic (exact) mass is 349 g/mol. The van der Waals surface area contributed by atoms with Crippen molar-refractivity contribution >= 4 is 33.6 Å². The largest absolute Gasteiger partial charge is 0.481 e. The molecule has 0 fully saturated rings. The van der Waals surface area contributed by atoms with Gasteiger partial charge >= 0.3 is 11.9 Å². The van der Waals surface area contributed by atoms with Crippen LogP contribution in [0.3, 0.4) is 0 Å². The SMILES string of the molecule is COC(=O)c1cc(Cl)cc(S(=O)(=O)N(C)CC(C)C(=O)O)c1. The third-order valence-electron chi connectivity index (χ3n) is 2.95. The normalized spacial score (nSPS) is 13.0. The van der Waals surface area contributed by atoms with E-state index in [1.165, 1.54) is 26.1 Å². The van der Waals surface area contributed by atoms with Gasteiger partial charge in [-0.1, -0.05) is 18.5 Å². The molecule has 0 spiro atoms. The molecule has 0 aromatic heterocycles. The fraction of sp³-hybridized carbons (Fsp3) is 0.385. The summed E-state index contributed by atoms with van der Waals surface area (Å²) < 4.78 is 30.3. The summed E-state index contributed by atoms with van der Waals surface area (Å²) in [6, 6.07) is 3.60. The number of carbonyl (C=O) groups excluding carboxylic acids is 1. The highest BCUT2D eigenvalue weighted by Gasteiger charge is 2.26. The Bertz CT molecular complexity index is 688. The zero-order valence-electron chi connectivity index (χ0n) is 12.2. The summed E-state index contributed by atoms with van der Waals surface area (Å²) in [6.45, 7) is 1.18. The maximum absolute atomic E-state index is 12.4. The molecule has 0 aliphatic rings. The quantitative estimate of drug-likeness (QED) is 0.780. The summed E-state index contributed by atoms with van der Waals surface area (Å²) in [6.07, 6.45) is 0. The Kier molecular flexibility index (Phi) is 5.92. The van der Waals surface area contributed by atoms with Gasteiger partial charge < -0.3 is 9.84 Å². The van der Waals surface area contributed by atoms with E-state index in [1.54, 1.807) is 0 Å². The third kappa shape index (κ3) is 4.19. The van der Waals surface area contributed by atoms with E-state index in [9.17, 15) is 18.0 Å². The van der Waals surface area contributed by atoms with Crippen LogP contribution in [0, 0.1) is 5.92 Å². The lowest BCUT2D eigenvalue weighted by molar-refractivity contribution is -0.141. The molecule has 122 valence electrons. The second-order valence-electron chi connectivity index (χ2n) is 4.69. The number of nitrogens with zero attached hydrogens (tertiary/aromatic N) is 1. The first-order valence-corrected chi connectivity index (χ1v) is 7.99. The molecule has 1 N–H and O–H groups in total. The van der Waals surface area contributed by atoms with Gasteiger partial charge in [-0.3, -0.25) is 4.79 Å². The van der Waals surface area contributed by atoms with E-state index >= 15 is 0 Å². The molecule has 7 nitrogen and oxygen atoms in total. The first-order valence-electron chi connectivity index (χ1n) is 6.17. The van der Waals surface area contributed by atoms with Crippen LogP contribution in [0.2, 0.25) is 5.02 Å². The highest BCUT2D eigenvalue weighted by molar-refractivity contribution is 7.89. The molecule has 22 heavy (non-hydrogen) atoms. The van der Waals surface area contributed by atoms with Crippen LogP contribution in [-0.4, -0.2) is 50.5 Å². The van der Waals surface area contributed by atoms with Crippen LogP contribution in [0.1, 0.15) is 17.3 Å². The topological polar surface area (TPSA) is 101 Å². The van der Waals surface area contributed by atoms with Crippen molar-refractivity contribution in [2.45, 2.75) is 11.8 Å². The molecule has 1 aromatic rings. The summed E-state index contributed by atoms with van der Waals surface area (Å²) in [5.74, 6) is -2.71. The first-order chi connectivity index (χ1) is 10.1. The van der Waals surface area contributed by atoms with E-state index < -0.39 is 27.9 Å². The van der Waals surface area contributed by atoms with Gasteiger partial charge in [0.05, 0.1) is 23.5 Å². The molecule has 0 heterocycles. The van der Waals surface area contributed by atoms with E-state index in [2.05, 4.69) is 4.74 Å². The third-order valence-corrected chi connectivity index (χ3v) is 4.97. The molecule has 0 radical (unpaired) electrons. The maximum Gasteiger partial charge on any atom is 0.337 e. The number of benzene rings is 1. The maximum atomic E-state index is 12.4. The fourth-order valence-electron chi connectivity index (χ4n) is 1.69. The molecule has 1 rings (SSSR count). The molecular weight excluding hydrogens is 334 g/mol. The van der Waals surface area contributed by atoms with Gasteiger partial charge in [-0.05, 0) is 18.2 Å². The number of ether oxygens (including phenoxy) is 1. The highest BCUT2D eigenvalue weighted by Crippen LogP contribution is 2.22. The summed E-state index contributed by atoms with van der Waals surface area (Å²) in [5.41, 5.74) is -0.00624. The van der Waals surface area contributed by atoms with Crippen LogP contribution in [0.5, 0.6) is 0 Å². The standard InChI is InChI=1S/C13H16ClNO6S/c1-8(12(16)17)7-15(2)22(19,20)11-5-9(13(18)21-3)4-10(14)6-11/h4-6,8H,7H2,1-3H3,(H,16,17). The molecular formula is C13H16ClNO6S. The average Bonchev–Trinajstić information content (AvgIpc) is 2.45. The summed E-state index contributed by atoms with van der Waals surface area (Å²) in [7, 11) is -1.55. The van der Waals surface area contributed by atoms with Crippen LogP contribution in [0.25, 0.3) is 0 Å². The lowest BCUT2D eigenvalue weighted by atomic mass is 10.2. The first kappa shape index (κ1) is 18.4. The van der Waals surface area contributed by atoms with Gasteiger partial charge in [0.25, 0.3) is 0 Å². The second kappa shape index (κ2) is 7.08. The second-order valence-corrected chi connectivity index (χ2v) is 7.17. The van der Waals surface area contributed by atoms with E-state index in [4.69, 9.17) is 16.7 Å². The van der Waals surface area contributed by atoms with E-state index in [0.717, 1.165) is 17.5 Å². The highest BCUT2D eigenvalue weighted by atomic mass is 35.5. The zero-order valence-corrected chi connectivity index (χ0v) is 13.8. The van der Waals surface area contributed by atoms with Crippen molar-refractivity contribution in [3.05, 3.63) is 28.8 Å². The molecule has 0 saturated heterocycles. The Labute approximate surface area is 133 Å². The smallest absolute Gasteiger partial charge is 0.337 e. The molecule has 1 atom stereocenters. The number of methoxy groups -OCH3 is 1. The minimum absolute atomic E-state index is 0.00624. The number of hydrogen-bond donors (Lipinski definition) is 1. The van der Waals surface area contributed by atoms with Crippen LogP contribution < -0.4 is 0 Å². The Morgan fingerprint density at radius 1 is 1.36 bits per heavy atom. The summed E-state index contributed by atoms with van der Waals surface area (Å²) in [4.78, 5) is 22.1. The van der Waals surface area contributed by atoms with Crippen LogP contribution >= 0.6 is 11.6 Å². The number of carboxylic acids is 1. The Morgan fingerprint density at radius 3 is 2.45 bits per heavy atom. The number of rotatable bonds is 6. The van der Waals surface area contributed by atoms with Crippen molar-refractivity contribution < 1.29 is 27.9 Å². The van der Waals surface area contributed by atoms with Crippen molar-refractivity contribution in [1.29, 1.82) is 0 Å². The van der Waals surface area contributed by atoms with Gasteiger partial charge in [0.1, 0.15) is 0 Å². The van der Waals surface area contributed by atoms with Crippen LogP contribution in [0.4, 0.5) is 0 Å². The van der Waals surface area contributed by atoms with Crippen molar-refractivity contribution in [2.24, 2.45) is 5.92 Å². The van der Waals surface area contributed by atoms with Crippen molar-refractivity contribution in [3.8, 4) is 0 Å².